The standard InChI is InChI=1S/C18H23N5O2/c1-3-9-21-18(19-4-2)22-12-14-5-7-15(8-6-14)17(25)23-11-10-20-16(24)13-23/h1,5-8H,4,9-13H2,2H3,(H,20,24)(H2,19,21,22). The molecule has 2 rings (SSSR count). The summed E-state index contributed by atoms with van der Waals surface area (Å²) in [6.07, 6.45) is 5.24. The molecule has 1 saturated heterocycles. The summed E-state index contributed by atoms with van der Waals surface area (Å²) >= 11 is 0. The molecular weight excluding hydrogens is 318 g/mol. The third-order valence-electron chi connectivity index (χ3n) is 3.65. The van der Waals surface area contributed by atoms with E-state index in [9.17, 15) is 9.59 Å². The van der Waals surface area contributed by atoms with Crippen LogP contribution in [0.1, 0.15) is 22.8 Å². The second-order valence-electron chi connectivity index (χ2n) is 5.53. The summed E-state index contributed by atoms with van der Waals surface area (Å²) in [7, 11) is 0. The van der Waals surface area contributed by atoms with Crippen LogP contribution in [0.15, 0.2) is 29.3 Å². The molecule has 132 valence electrons. The molecule has 1 fully saturated rings. The first-order chi connectivity index (χ1) is 12.1. The highest BCUT2D eigenvalue weighted by atomic mass is 16.2. The molecule has 0 saturated carbocycles. The van der Waals surface area contributed by atoms with Gasteiger partial charge in [-0.1, -0.05) is 18.1 Å². The molecule has 0 unspecified atom stereocenters. The van der Waals surface area contributed by atoms with Gasteiger partial charge in [0.2, 0.25) is 5.91 Å². The molecule has 25 heavy (non-hydrogen) atoms. The third kappa shape index (κ3) is 5.53. The maximum Gasteiger partial charge on any atom is 0.254 e. The SMILES string of the molecule is C#CCNC(=NCc1ccc(C(=O)N2CCNC(=O)C2)cc1)NCC. The van der Waals surface area contributed by atoms with Gasteiger partial charge in [0.15, 0.2) is 5.96 Å². The second-order valence-corrected chi connectivity index (χ2v) is 5.53. The van der Waals surface area contributed by atoms with Crippen LogP contribution in [0, 0.1) is 12.3 Å². The first kappa shape index (κ1) is 18.3. The fraction of sp³-hybridized carbons (Fsp3) is 0.389. The maximum absolute atomic E-state index is 12.4. The van der Waals surface area contributed by atoms with Crippen molar-refractivity contribution in [2.45, 2.75) is 13.5 Å². The Morgan fingerprint density at radius 3 is 2.76 bits per heavy atom. The molecule has 1 aliphatic heterocycles. The normalized spacial score (nSPS) is 14.5. The molecule has 0 spiro atoms. The van der Waals surface area contributed by atoms with Crippen LogP contribution < -0.4 is 16.0 Å². The van der Waals surface area contributed by atoms with Crippen molar-refractivity contribution in [1.29, 1.82) is 0 Å². The van der Waals surface area contributed by atoms with Crippen LogP contribution in [0.5, 0.6) is 0 Å². The van der Waals surface area contributed by atoms with Crippen LogP contribution in [0.2, 0.25) is 0 Å². The van der Waals surface area contributed by atoms with Crippen molar-refractivity contribution >= 4 is 17.8 Å². The van der Waals surface area contributed by atoms with Crippen molar-refractivity contribution in [2.75, 3.05) is 32.7 Å². The topological polar surface area (TPSA) is 85.8 Å². The summed E-state index contributed by atoms with van der Waals surface area (Å²) in [6, 6.07) is 7.26. The zero-order chi connectivity index (χ0) is 18.1. The van der Waals surface area contributed by atoms with Crippen molar-refractivity contribution < 1.29 is 9.59 Å². The molecule has 7 heteroatoms. The van der Waals surface area contributed by atoms with E-state index in [2.05, 4.69) is 26.9 Å². The zero-order valence-electron chi connectivity index (χ0n) is 14.3. The smallest absolute Gasteiger partial charge is 0.254 e. The Labute approximate surface area is 147 Å². The van der Waals surface area contributed by atoms with Crippen LogP contribution in [-0.2, 0) is 11.3 Å². The van der Waals surface area contributed by atoms with E-state index in [1.54, 1.807) is 17.0 Å². The largest absolute Gasteiger partial charge is 0.357 e. The number of benzene rings is 1. The number of hydrogen-bond donors (Lipinski definition) is 3. The minimum absolute atomic E-state index is 0.109. The Balaban J connectivity index is 1.97. The highest BCUT2D eigenvalue weighted by Gasteiger charge is 2.21. The molecule has 0 bridgehead atoms. The predicted octanol–water partition coefficient (Wildman–Crippen LogP) is -0.0531. The van der Waals surface area contributed by atoms with Gasteiger partial charge < -0.3 is 20.9 Å². The summed E-state index contributed by atoms with van der Waals surface area (Å²) in [5.41, 5.74) is 1.55. The Kier molecular flexibility index (Phi) is 6.84. The summed E-state index contributed by atoms with van der Waals surface area (Å²) in [5, 5.41) is 8.84. The summed E-state index contributed by atoms with van der Waals surface area (Å²) in [6.45, 7) is 4.74. The first-order valence-corrected chi connectivity index (χ1v) is 8.24. The van der Waals surface area contributed by atoms with Crippen LogP contribution in [0.25, 0.3) is 0 Å². The lowest BCUT2D eigenvalue weighted by Gasteiger charge is -2.26. The second kappa shape index (κ2) is 9.33. The van der Waals surface area contributed by atoms with Gasteiger partial charge in [-0.2, -0.15) is 0 Å². The monoisotopic (exact) mass is 341 g/mol. The Hall–Kier alpha value is -3.01. The summed E-state index contributed by atoms with van der Waals surface area (Å²) < 4.78 is 0. The number of piperazine rings is 1. The minimum atomic E-state index is -0.131. The number of nitrogens with one attached hydrogen (secondary N) is 3. The number of carbonyl (C=O) groups excluding carboxylic acids is 2. The van der Waals surface area contributed by atoms with Crippen molar-refractivity contribution in [3.8, 4) is 12.3 Å². The van der Waals surface area contributed by atoms with Gasteiger partial charge >= 0.3 is 0 Å². The molecule has 0 aromatic heterocycles. The summed E-state index contributed by atoms with van der Waals surface area (Å²) in [4.78, 5) is 29.8. The van der Waals surface area contributed by atoms with Gasteiger partial charge in [0.1, 0.15) is 0 Å². The van der Waals surface area contributed by atoms with E-state index in [1.807, 2.05) is 19.1 Å². The third-order valence-corrected chi connectivity index (χ3v) is 3.65. The quantitative estimate of drug-likeness (QED) is 0.398. The van der Waals surface area contributed by atoms with Gasteiger partial charge in [0.25, 0.3) is 5.91 Å². The number of nitrogens with zero attached hydrogens (tertiary/aromatic N) is 2. The molecule has 2 amide bonds. The molecule has 1 heterocycles. The zero-order valence-corrected chi connectivity index (χ0v) is 14.3. The fourth-order valence-electron chi connectivity index (χ4n) is 2.39. The number of terminal acetylenes is 1. The molecule has 0 atom stereocenters. The van der Waals surface area contributed by atoms with Gasteiger partial charge in [0.05, 0.1) is 19.6 Å². The molecule has 0 aliphatic carbocycles. The lowest BCUT2D eigenvalue weighted by atomic mass is 10.1. The summed E-state index contributed by atoms with van der Waals surface area (Å²) in [5.74, 6) is 2.90. The lowest BCUT2D eigenvalue weighted by molar-refractivity contribution is -0.123. The number of hydrogen-bond acceptors (Lipinski definition) is 3. The van der Waals surface area contributed by atoms with E-state index in [-0.39, 0.29) is 18.4 Å². The van der Waals surface area contributed by atoms with Crippen molar-refractivity contribution in [3.05, 3.63) is 35.4 Å². The average molecular weight is 341 g/mol. The van der Waals surface area contributed by atoms with Crippen LogP contribution in [0.4, 0.5) is 0 Å². The maximum atomic E-state index is 12.4. The van der Waals surface area contributed by atoms with E-state index in [0.29, 0.717) is 37.7 Å². The van der Waals surface area contributed by atoms with Gasteiger partial charge in [-0.3, -0.25) is 9.59 Å². The molecule has 0 radical (unpaired) electrons. The predicted molar refractivity (Wildman–Crippen MR) is 97.0 cm³/mol. The number of carbonyl (C=O) groups is 2. The molecule has 1 aromatic rings. The van der Waals surface area contributed by atoms with E-state index in [0.717, 1.165) is 12.1 Å². The van der Waals surface area contributed by atoms with Crippen LogP contribution >= 0.6 is 0 Å². The van der Waals surface area contributed by atoms with E-state index in [4.69, 9.17) is 6.42 Å². The number of aliphatic imine (C=N–C) groups is 1. The van der Waals surface area contributed by atoms with Crippen molar-refractivity contribution in [2.24, 2.45) is 4.99 Å². The Morgan fingerprint density at radius 2 is 2.12 bits per heavy atom. The Morgan fingerprint density at radius 1 is 1.36 bits per heavy atom. The van der Waals surface area contributed by atoms with Gasteiger partial charge in [-0.05, 0) is 24.6 Å². The van der Waals surface area contributed by atoms with Crippen LogP contribution in [0.3, 0.4) is 0 Å². The van der Waals surface area contributed by atoms with E-state index >= 15 is 0 Å². The van der Waals surface area contributed by atoms with E-state index in [1.165, 1.54) is 0 Å². The Bertz CT molecular complexity index is 676. The van der Waals surface area contributed by atoms with Gasteiger partial charge in [0, 0.05) is 25.2 Å². The van der Waals surface area contributed by atoms with Crippen LogP contribution in [-0.4, -0.2) is 55.4 Å². The molecule has 1 aromatic carbocycles. The molecular formula is C18H23N5O2. The van der Waals surface area contributed by atoms with E-state index < -0.39 is 0 Å². The molecule has 1 aliphatic rings. The van der Waals surface area contributed by atoms with Crippen molar-refractivity contribution in [1.82, 2.24) is 20.9 Å². The lowest BCUT2D eigenvalue weighted by Crippen LogP contribution is -2.49. The first-order valence-electron chi connectivity index (χ1n) is 8.24. The molecule has 7 nitrogen and oxygen atoms in total. The molecule has 3 N–H and O–H groups in total. The average Bonchev–Trinajstić information content (AvgIpc) is 2.64. The highest BCUT2D eigenvalue weighted by Crippen LogP contribution is 2.09. The highest BCUT2D eigenvalue weighted by molar-refractivity contribution is 5.97. The van der Waals surface area contributed by atoms with Gasteiger partial charge in [-0.15, -0.1) is 6.42 Å². The van der Waals surface area contributed by atoms with Gasteiger partial charge in [-0.25, -0.2) is 4.99 Å². The van der Waals surface area contributed by atoms with Crippen molar-refractivity contribution in [3.63, 3.8) is 0 Å². The number of amides is 2. The number of rotatable bonds is 5. The number of guanidine groups is 1. The fourth-order valence-corrected chi connectivity index (χ4v) is 2.39. The minimum Gasteiger partial charge on any atom is -0.357 e.